The minimum atomic E-state index is -2.21. The summed E-state index contributed by atoms with van der Waals surface area (Å²) in [5.74, 6) is -1.00. The van der Waals surface area contributed by atoms with E-state index in [1.54, 1.807) is 25.1 Å². The number of aliphatic carboxylic acids is 1. The number of hydrogen-bond donors (Lipinski definition) is 5. The van der Waals surface area contributed by atoms with Gasteiger partial charge >= 0.3 is 5.97 Å². The smallest absolute Gasteiger partial charge is 0.322 e. The second-order valence-corrected chi connectivity index (χ2v) is 4.36. The number of nitrogens with one attached hydrogen (secondary N) is 2. The van der Waals surface area contributed by atoms with E-state index in [1.165, 1.54) is 0 Å². The van der Waals surface area contributed by atoms with Gasteiger partial charge in [-0.15, -0.1) is 0 Å². The molecule has 100 valence electrons. The third kappa shape index (κ3) is 3.99. The average Bonchev–Trinajstić information content (AvgIpc) is 2.25. The van der Waals surface area contributed by atoms with Crippen molar-refractivity contribution < 1.29 is 18.7 Å². The van der Waals surface area contributed by atoms with Crippen molar-refractivity contribution in [2.24, 2.45) is 5.73 Å². The fraction of sp³-hybridized carbons (Fsp3) is 0.300. The predicted octanol–water partition coefficient (Wildman–Crippen LogP) is 0.751. The quantitative estimate of drug-likeness (QED) is 0.487. The van der Waals surface area contributed by atoms with Crippen LogP contribution < -0.4 is 15.8 Å². The zero-order valence-electron chi connectivity index (χ0n) is 9.71. The molecule has 0 spiro atoms. The number of carbonyl (C=O) groups is 1. The minimum absolute atomic E-state index is 0.259. The summed E-state index contributed by atoms with van der Waals surface area (Å²) in [4.78, 5) is 10.5. The van der Waals surface area contributed by atoms with Gasteiger partial charge in [0.15, 0.2) is 0 Å². The molecule has 1 aromatic carbocycles. The van der Waals surface area contributed by atoms with Gasteiger partial charge in [-0.1, -0.05) is 6.07 Å². The fourth-order valence-electron chi connectivity index (χ4n) is 1.56. The summed E-state index contributed by atoms with van der Waals surface area (Å²) >= 11 is -2.21. The highest BCUT2D eigenvalue weighted by atomic mass is 32.2. The van der Waals surface area contributed by atoms with E-state index in [9.17, 15) is 9.00 Å². The Kier molecular flexibility index (Phi) is 5.08. The second kappa shape index (κ2) is 6.34. The summed E-state index contributed by atoms with van der Waals surface area (Å²) in [6, 6.07) is 4.46. The van der Waals surface area contributed by atoms with E-state index in [-0.39, 0.29) is 6.54 Å². The molecule has 2 unspecified atom stereocenters. The predicted molar refractivity (Wildman–Crippen MR) is 69.6 cm³/mol. The third-order valence-electron chi connectivity index (χ3n) is 2.19. The molecule has 0 fully saturated rings. The molecule has 1 rings (SSSR count). The summed E-state index contributed by atoms with van der Waals surface area (Å²) < 4.78 is 21.9. The van der Waals surface area contributed by atoms with Gasteiger partial charge in [0.05, 0.1) is 5.69 Å². The largest absolute Gasteiger partial charge is 0.480 e. The van der Waals surface area contributed by atoms with E-state index in [0.717, 1.165) is 0 Å². The maximum absolute atomic E-state index is 10.8. The van der Waals surface area contributed by atoms with Gasteiger partial charge in [0.25, 0.3) is 11.3 Å². The van der Waals surface area contributed by atoms with Crippen LogP contribution in [0.25, 0.3) is 0 Å². The Morgan fingerprint density at radius 1 is 1.50 bits per heavy atom. The molecule has 1 aromatic rings. The van der Waals surface area contributed by atoms with Crippen LogP contribution in [0.3, 0.4) is 0 Å². The van der Waals surface area contributed by atoms with Crippen molar-refractivity contribution in [2.45, 2.75) is 13.0 Å². The number of carboxylic acid groups (broad SMARTS) is 1. The van der Waals surface area contributed by atoms with Crippen LogP contribution in [0, 0.1) is 0 Å². The van der Waals surface area contributed by atoms with Crippen molar-refractivity contribution in [2.75, 3.05) is 16.6 Å². The van der Waals surface area contributed by atoms with Gasteiger partial charge in [0.2, 0.25) is 0 Å². The number of nitrogens with two attached hydrogens (primary N) is 1. The molecule has 6 N–H and O–H groups in total. The van der Waals surface area contributed by atoms with Gasteiger partial charge in [-0.2, -0.15) is 0 Å². The van der Waals surface area contributed by atoms with Crippen molar-refractivity contribution >= 4 is 28.6 Å². The Bertz CT molecular complexity index is 464. The maximum atomic E-state index is 10.8. The molecule has 0 amide bonds. The van der Waals surface area contributed by atoms with Crippen LogP contribution in [-0.2, 0) is 16.1 Å². The van der Waals surface area contributed by atoms with Crippen LogP contribution in [-0.4, -0.2) is 26.4 Å². The van der Waals surface area contributed by atoms with Crippen LogP contribution in [0.15, 0.2) is 18.2 Å². The highest BCUT2D eigenvalue weighted by Gasteiger charge is 2.13. The Morgan fingerprint density at radius 2 is 2.11 bits per heavy atom. The Balaban J connectivity index is 3.08. The van der Waals surface area contributed by atoms with Crippen molar-refractivity contribution in [3.05, 3.63) is 23.8 Å². The molecule has 7 nitrogen and oxygen atoms in total. The molecule has 0 bridgehead atoms. The monoisotopic (exact) mass is 273 g/mol. The highest BCUT2D eigenvalue weighted by molar-refractivity contribution is 7.80. The van der Waals surface area contributed by atoms with Gasteiger partial charge in [-0.25, -0.2) is 4.21 Å². The SMILES string of the molecule is CC(N)c1c(NCC(=O)O)cccc1NS(=O)O. The van der Waals surface area contributed by atoms with E-state index >= 15 is 0 Å². The number of carboxylic acids is 1. The maximum Gasteiger partial charge on any atom is 0.322 e. The minimum Gasteiger partial charge on any atom is -0.480 e. The molecule has 0 heterocycles. The lowest BCUT2D eigenvalue weighted by Crippen LogP contribution is -2.17. The van der Waals surface area contributed by atoms with Crippen molar-refractivity contribution in [1.29, 1.82) is 0 Å². The standard InChI is InChI=1S/C10H15N3O4S/c1-6(11)10-7(12-5-9(14)15)3-2-4-8(10)13-18(16)17/h2-4,6,12-13H,5,11H2,1H3,(H,14,15)(H,16,17). The number of anilines is 2. The van der Waals surface area contributed by atoms with Crippen LogP contribution in [0.4, 0.5) is 11.4 Å². The fourth-order valence-corrected chi connectivity index (χ4v) is 1.93. The third-order valence-corrected chi connectivity index (χ3v) is 2.58. The average molecular weight is 273 g/mol. The Labute approximate surface area is 107 Å². The van der Waals surface area contributed by atoms with E-state index in [2.05, 4.69) is 10.0 Å². The molecule has 0 aliphatic heterocycles. The molecule has 0 saturated carbocycles. The lowest BCUT2D eigenvalue weighted by molar-refractivity contribution is -0.134. The first-order valence-corrected chi connectivity index (χ1v) is 6.24. The molecule has 8 heteroatoms. The molecule has 18 heavy (non-hydrogen) atoms. The molecule has 0 aliphatic carbocycles. The van der Waals surface area contributed by atoms with E-state index in [0.29, 0.717) is 16.9 Å². The first-order chi connectivity index (χ1) is 8.41. The lowest BCUT2D eigenvalue weighted by atomic mass is 10.0. The van der Waals surface area contributed by atoms with Gasteiger partial charge in [0, 0.05) is 17.3 Å². The summed E-state index contributed by atoms with van der Waals surface area (Å²) in [5.41, 5.74) is 7.25. The van der Waals surface area contributed by atoms with Gasteiger partial charge in [0.1, 0.15) is 6.54 Å². The van der Waals surface area contributed by atoms with Gasteiger partial charge < -0.3 is 16.2 Å². The summed E-state index contributed by atoms with van der Waals surface area (Å²) in [5, 5.41) is 11.3. The molecule has 0 aliphatic rings. The van der Waals surface area contributed by atoms with E-state index < -0.39 is 23.3 Å². The molecule has 0 radical (unpaired) electrons. The normalized spacial score (nSPS) is 13.7. The van der Waals surface area contributed by atoms with Crippen LogP contribution >= 0.6 is 0 Å². The Morgan fingerprint density at radius 3 is 2.61 bits per heavy atom. The van der Waals surface area contributed by atoms with E-state index in [4.69, 9.17) is 15.4 Å². The van der Waals surface area contributed by atoms with Crippen molar-refractivity contribution in [3.63, 3.8) is 0 Å². The topological polar surface area (TPSA) is 125 Å². The van der Waals surface area contributed by atoms with Gasteiger partial charge in [-0.05, 0) is 19.1 Å². The van der Waals surface area contributed by atoms with Gasteiger partial charge in [-0.3, -0.25) is 14.1 Å². The summed E-state index contributed by atoms with van der Waals surface area (Å²) in [7, 11) is 0. The first kappa shape index (κ1) is 14.4. The summed E-state index contributed by atoms with van der Waals surface area (Å²) in [6.07, 6.45) is 0. The van der Waals surface area contributed by atoms with Crippen LogP contribution in [0.5, 0.6) is 0 Å². The molecular weight excluding hydrogens is 258 g/mol. The lowest BCUT2D eigenvalue weighted by Gasteiger charge is -2.18. The Hall–Kier alpha value is -1.64. The number of benzene rings is 1. The second-order valence-electron chi connectivity index (χ2n) is 3.65. The van der Waals surface area contributed by atoms with Crippen molar-refractivity contribution in [3.8, 4) is 0 Å². The summed E-state index contributed by atoms with van der Waals surface area (Å²) in [6.45, 7) is 1.44. The zero-order valence-corrected chi connectivity index (χ0v) is 10.5. The van der Waals surface area contributed by atoms with Crippen LogP contribution in [0.1, 0.15) is 18.5 Å². The number of rotatable bonds is 6. The number of hydrogen-bond acceptors (Lipinski definition) is 4. The first-order valence-electron chi connectivity index (χ1n) is 5.13. The van der Waals surface area contributed by atoms with Crippen molar-refractivity contribution in [1.82, 2.24) is 0 Å². The zero-order chi connectivity index (χ0) is 13.7. The molecule has 0 aromatic heterocycles. The molecule has 0 saturated heterocycles. The highest BCUT2D eigenvalue weighted by Crippen LogP contribution is 2.29. The molecule has 2 atom stereocenters. The molecular formula is C10H15N3O4S. The van der Waals surface area contributed by atoms with Crippen LogP contribution in [0.2, 0.25) is 0 Å². The van der Waals surface area contributed by atoms with E-state index in [1.807, 2.05) is 0 Å².